The van der Waals surface area contributed by atoms with Crippen LogP contribution >= 0.6 is 11.6 Å². The average molecular weight is 424 g/mol. The second kappa shape index (κ2) is 8.15. The molecule has 1 aromatic carbocycles. The van der Waals surface area contributed by atoms with Crippen molar-refractivity contribution >= 4 is 23.3 Å². The van der Waals surface area contributed by atoms with Crippen molar-refractivity contribution in [2.24, 2.45) is 0 Å². The predicted molar refractivity (Wildman–Crippen MR) is 120 cm³/mol. The first-order valence-electron chi connectivity index (χ1n) is 10.2. The van der Waals surface area contributed by atoms with Gasteiger partial charge in [-0.1, -0.05) is 42.0 Å². The number of rotatable bonds is 6. The molecule has 0 bridgehead atoms. The van der Waals surface area contributed by atoms with Gasteiger partial charge in [-0.05, 0) is 62.3 Å². The third-order valence-corrected chi connectivity index (χ3v) is 5.82. The zero-order valence-electron chi connectivity index (χ0n) is 17.2. The van der Waals surface area contributed by atoms with Gasteiger partial charge in [0.2, 0.25) is 0 Å². The van der Waals surface area contributed by atoms with Gasteiger partial charge in [-0.25, -0.2) is 4.98 Å². The molecule has 0 radical (unpaired) electrons. The molecular formula is C24H26ClN3O2. The Morgan fingerprint density at radius 1 is 1.37 bits per heavy atom. The van der Waals surface area contributed by atoms with Crippen LogP contribution in [0.25, 0.3) is 0 Å². The van der Waals surface area contributed by atoms with Crippen LogP contribution in [0.3, 0.4) is 0 Å². The summed E-state index contributed by atoms with van der Waals surface area (Å²) in [5, 5.41) is 3.65. The minimum absolute atomic E-state index is 0.0669. The van der Waals surface area contributed by atoms with Crippen LogP contribution < -0.4 is 15.8 Å². The minimum Gasteiger partial charge on any atom is -0.482 e. The molecule has 5 nitrogen and oxygen atoms in total. The van der Waals surface area contributed by atoms with E-state index in [1.165, 1.54) is 24.6 Å². The Hall–Kier alpha value is -2.79. The monoisotopic (exact) mass is 423 g/mol. The number of amides is 1. The van der Waals surface area contributed by atoms with Gasteiger partial charge in [-0.2, -0.15) is 0 Å². The molecule has 2 aliphatic rings. The molecule has 156 valence electrons. The molecule has 6 heteroatoms. The first kappa shape index (κ1) is 20.5. The van der Waals surface area contributed by atoms with Crippen LogP contribution in [0.2, 0.25) is 5.02 Å². The molecule has 2 aromatic rings. The van der Waals surface area contributed by atoms with Gasteiger partial charge in [-0.15, -0.1) is 0 Å². The summed E-state index contributed by atoms with van der Waals surface area (Å²) in [6, 6.07) is 9.61. The van der Waals surface area contributed by atoms with Crippen molar-refractivity contribution in [3.8, 4) is 5.75 Å². The Morgan fingerprint density at radius 2 is 2.17 bits per heavy atom. The standard InChI is InChI=1S/C24H26ClN3O2/c1-15(30-21-12-20(25)14-27-22(21)26)19-7-4-10-24(2,13-19)28-23(29)18-6-3-5-17(11-18)16-8-9-16/h3-7,10-12,14-16H,8-9,13H2,1-2H3,(H2,26,27)(H,28,29)/t15-,24?/m1/s1. The van der Waals surface area contributed by atoms with Crippen LogP contribution in [0.1, 0.15) is 54.9 Å². The smallest absolute Gasteiger partial charge is 0.251 e. The molecule has 0 aliphatic heterocycles. The van der Waals surface area contributed by atoms with Crippen molar-refractivity contribution in [1.82, 2.24) is 10.3 Å². The number of benzene rings is 1. The molecule has 1 fully saturated rings. The van der Waals surface area contributed by atoms with Gasteiger partial charge >= 0.3 is 0 Å². The summed E-state index contributed by atoms with van der Waals surface area (Å²) in [7, 11) is 0. The van der Waals surface area contributed by atoms with E-state index in [-0.39, 0.29) is 12.0 Å². The zero-order valence-corrected chi connectivity index (χ0v) is 17.9. The number of nitrogen functional groups attached to an aromatic ring is 1. The van der Waals surface area contributed by atoms with Crippen LogP contribution in [0.15, 0.2) is 60.3 Å². The quantitative estimate of drug-likeness (QED) is 0.682. The number of nitrogens with one attached hydrogen (secondary N) is 1. The van der Waals surface area contributed by atoms with E-state index in [0.29, 0.717) is 34.5 Å². The van der Waals surface area contributed by atoms with Crippen LogP contribution in [-0.4, -0.2) is 22.5 Å². The Balaban J connectivity index is 1.43. The van der Waals surface area contributed by atoms with Crippen LogP contribution in [0, 0.1) is 0 Å². The number of carbonyl (C=O) groups excluding carboxylic acids is 1. The van der Waals surface area contributed by atoms with Crippen molar-refractivity contribution in [3.63, 3.8) is 0 Å². The van der Waals surface area contributed by atoms with Gasteiger partial charge in [0, 0.05) is 17.8 Å². The number of hydrogen-bond acceptors (Lipinski definition) is 4. The van der Waals surface area contributed by atoms with E-state index in [1.54, 1.807) is 6.07 Å². The number of anilines is 1. The summed E-state index contributed by atoms with van der Waals surface area (Å²) in [5.74, 6) is 1.30. The molecular weight excluding hydrogens is 398 g/mol. The van der Waals surface area contributed by atoms with Gasteiger partial charge in [-0.3, -0.25) is 4.79 Å². The molecule has 1 aromatic heterocycles. The first-order valence-corrected chi connectivity index (χ1v) is 10.6. The Kier molecular flexibility index (Phi) is 5.56. The number of nitrogens with zero attached hydrogens (tertiary/aromatic N) is 1. The minimum atomic E-state index is -0.507. The summed E-state index contributed by atoms with van der Waals surface area (Å²) in [6.07, 6.45) is 10.3. The normalized spacial score (nSPS) is 21.6. The average Bonchev–Trinajstić information content (AvgIpc) is 3.56. The highest BCUT2D eigenvalue weighted by atomic mass is 35.5. The third-order valence-electron chi connectivity index (χ3n) is 5.62. The summed E-state index contributed by atoms with van der Waals surface area (Å²) >= 11 is 6.01. The summed E-state index contributed by atoms with van der Waals surface area (Å²) < 4.78 is 6.01. The molecule has 2 atom stereocenters. The molecule has 1 unspecified atom stereocenters. The van der Waals surface area contributed by atoms with E-state index < -0.39 is 5.54 Å². The fraction of sp³-hybridized carbons (Fsp3) is 0.333. The van der Waals surface area contributed by atoms with E-state index in [1.807, 2.05) is 50.3 Å². The lowest BCUT2D eigenvalue weighted by Gasteiger charge is -2.33. The van der Waals surface area contributed by atoms with Crippen molar-refractivity contribution in [1.29, 1.82) is 0 Å². The van der Waals surface area contributed by atoms with Crippen molar-refractivity contribution < 1.29 is 9.53 Å². The molecule has 0 saturated heterocycles. The maximum Gasteiger partial charge on any atom is 0.251 e. The molecule has 1 saturated carbocycles. The fourth-order valence-electron chi connectivity index (χ4n) is 3.76. The second-order valence-electron chi connectivity index (χ2n) is 8.35. The van der Waals surface area contributed by atoms with Gasteiger partial charge in [0.1, 0.15) is 6.10 Å². The van der Waals surface area contributed by atoms with Crippen LogP contribution in [0.4, 0.5) is 5.82 Å². The maximum absolute atomic E-state index is 12.9. The van der Waals surface area contributed by atoms with Crippen molar-refractivity contribution in [3.05, 3.63) is 76.5 Å². The van der Waals surface area contributed by atoms with E-state index in [2.05, 4.69) is 16.4 Å². The van der Waals surface area contributed by atoms with Gasteiger partial charge in [0.15, 0.2) is 11.6 Å². The van der Waals surface area contributed by atoms with Gasteiger partial charge < -0.3 is 15.8 Å². The van der Waals surface area contributed by atoms with Crippen LogP contribution in [-0.2, 0) is 0 Å². The topological polar surface area (TPSA) is 77.2 Å². The number of allylic oxidation sites excluding steroid dienone is 2. The molecule has 3 N–H and O–H groups in total. The number of pyridine rings is 1. The highest BCUT2D eigenvalue weighted by Gasteiger charge is 2.30. The number of aromatic nitrogens is 1. The Bertz CT molecular complexity index is 1030. The molecule has 0 spiro atoms. The SMILES string of the molecule is C[C@@H](Oc1cc(Cl)cnc1N)C1=CC=CC(C)(NC(=O)c2cccc(C3CC3)c2)C1. The predicted octanol–water partition coefficient (Wildman–Crippen LogP) is 5.04. The number of ether oxygens (including phenoxy) is 1. The molecule has 30 heavy (non-hydrogen) atoms. The van der Waals surface area contributed by atoms with Crippen molar-refractivity contribution in [2.45, 2.75) is 50.7 Å². The lowest BCUT2D eigenvalue weighted by molar-refractivity contribution is 0.0919. The highest BCUT2D eigenvalue weighted by molar-refractivity contribution is 6.30. The second-order valence-corrected chi connectivity index (χ2v) is 8.78. The van der Waals surface area contributed by atoms with Crippen molar-refractivity contribution in [2.75, 3.05) is 5.73 Å². The number of carbonyl (C=O) groups is 1. The van der Waals surface area contributed by atoms with Crippen LogP contribution in [0.5, 0.6) is 5.75 Å². The maximum atomic E-state index is 12.9. The van der Waals surface area contributed by atoms with E-state index in [9.17, 15) is 4.79 Å². The number of hydrogen-bond donors (Lipinski definition) is 2. The van der Waals surface area contributed by atoms with E-state index >= 15 is 0 Å². The Labute approximate surface area is 182 Å². The summed E-state index contributed by atoms with van der Waals surface area (Å²) in [6.45, 7) is 3.97. The van der Waals surface area contributed by atoms with E-state index in [0.717, 1.165) is 5.57 Å². The largest absolute Gasteiger partial charge is 0.482 e. The Morgan fingerprint density at radius 3 is 2.93 bits per heavy atom. The fourth-order valence-corrected chi connectivity index (χ4v) is 3.91. The first-order chi connectivity index (χ1) is 14.3. The highest BCUT2D eigenvalue weighted by Crippen LogP contribution is 2.40. The third kappa shape index (κ3) is 4.68. The summed E-state index contributed by atoms with van der Waals surface area (Å²) in [5.41, 5.74) is 8.40. The molecule has 1 amide bonds. The molecule has 2 aliphatic carbocycles. The number of halogens is 1. The lowest BCUT2D eigenvalue weighted by atomic mass is 9.86. The van der Waals surface area contributed by atoms with E-state index in [4.69, 9.17) is 22.1 Å². The van der Waals surface area contributed by atoms with Gasteiger partial charge in [0.25, 0.3) is 5.91 Å². The zero-order chi connectivity index (χ0) is 21.3. The molecule has 4 rings (SSSR count). The van der Waals surface area contributed by atoms with Gasteiger partial charge in [0.05, 0.1) is 10.6 Å². The summed E-state index contributed by atoms with van der Waals surface area (Å²) in [4.78, 5) is 17.0. The number of nitrogens with two attached hydrogens (primary N) is 1. The molecule has 1 heterocycles. The lowest BCUT2D eigenvalue weighted by Crippen LogP contribution is -2.46.